The lowest BCUT2D eigenvalue weighted by atomic mass is 9.91. The standard InChI is InChI=1S/C15H20FNO/c16-14-4-1-13(2-5-14)11-15(18)6-3-12-7-9-17-10-8-12/h1-2,4-5,12,17H,3,6-11H2. The lowest BCUT2D eigenvalue weighted by Crippen LogP contribution is -2.28. The van der Waals surface area contributed by atoms with E-state index in [0.717, 1.165) is 25.1 Å². The Balaban J connectivity index is 1.73. The van der Waals surface area contributed by atoms with Gasteiger partial charge in [-0.25, -0.2) is 4.39 Å². The van der Waals surface area contributed by atoms with Crippen LogP contribution < -0.4 is 5.32 Å². The Bertz CT molecular complexity index is 382. The van der Waals surface area contributed by atoms with Crippen LogP contribution in [0.25, 0.3) is 0 Å². The topological polar surface area (TPSA) is 29.1 Å². The summed E-state index contributed by atoms with van der Waals surface area (Å²) in [6.07, 6.45) is 4.46. The number of piperidine rings is 1. The zero-order valence-electron chi connectivity index (χ0n) is 10.6. The van der Waals surface area contributed by atoms with Crippen molar-refractivity contribution in [2.24, 2.45) is 5.92 Å². The number of hydrogen-bond acceptors (Lipinski definition) is 2. The molecule has 2 rings (SSSR count). The lowest BCUT2D eigenvalue weighted by molar-refractivity contribution is -0.118. The second-order valence-electron chi connectivity index (χ2n) is 5.07. The summed E-state index contributed by atoms with van der Waals surface area (Å²) in [5.41, 5.74) is 0.909. The number of carbonyl (C=O) groups is 1. The lowest BCUT2D eigenvalue weighted by Gasteiger charge is -2.22. The molecule has 0 atom stereocenters. The second kappa shape index (κ2) is 6.64. The van der Waals surface area contributed by atoms with Gasteiger partial charge in [0.05, 0.1) is 0 Å². The van der Waals surface area contributed by atoms with E-state index in [2.05, 4.69) is 5.32 Å². The van der Waals surface area contributed by atoms with E-state index in [4.69, 9.17) is 0 Å². The molecule has 1 aromatic rings. The molecular weight excluding hydrogens is 229 g/mol. The van der Waals surface area contributed by atoms with Crippen LogP contribution in [0.15, 0.2) is 24.3 Å². The molecule has 0 amide bonds. The van der Waals surface area contributed by atoms with E-state index in [9.17, 15) is 9.18 Å². The molecule has 1 aliphatic rings. The Hall–Kier alpha value is -1.22. The first kappa shape index (κ1) is 13.2. The minimum Gasteiger partial charge on any atom is -0.317 e. The zero-order valence-corrected chi connectivity index (χ0v) is 10.6. The van der Waals surface area contributed by atoms with Crippen molar-refractivity contribution in [3.8, 4) is 0 Å². The van der Waals surface area contributed by atoms with Gasteiger partial charge < -0.3 is 5.32 Å². The van der Waals surface area contributed by atoms with Gasteiger partial charge in [-0.1, -0.05) is 12.1 Å². The summed E-state index contributed by atoms with van der Waals surface area (Å²) in [5.74, 6) is 0.712. The van der Waals surface area contributed by atoms with Crippen molar-refractivity contribution in [1.82, 2.24) is 5.32 Å². The van der Waals surface area contributed by atoms with Gasteiger partial charge in [0.25, 0.3) is 0 Å². The highest BCUT2D eigenvalue weighted by molar-refractivity contribution is 5.80. The van der Waals surface area contributed by atoms with E-state index >= 15 is 0 Å². The maximum atomic E-state index is 12.7. The first-order valence-electron chi connectivity index (χ1n) is 6.71. The average molecular weight is 249 g/mol. The molecule has 1 N–H and O–H groups in total. The Morgan fingerprint density at radius 2 is 1.89 bits per heavy atom. The maximum absolute atomic E-state index is 12.7. The third kappa shape index (κ3) is 4.22. The number of ketones is 1. The van der Waals surface area contributed by atoms with Crippen LogP contribution >= 0.6 is 0 Å². The molecule has 0 aromatic heterocycles. The van der Waals surface area contributed by atoms with Crippen LogP contribution in [0.3, 0.4) is 0 Å². The van der Waals surface area contributed by atoms with Crippen LogP contribution in [0.5, 0.6) is 0 Å². The van der Waals surface area contributed by atoms with Crippen molar-refractivity contribution < 1.29 is 9.18 Å². The van der Waals surface area contributed by atoms with E-state index in [1.54, 1.807) is 12.1 Å². The predicted molar refractivity (Wildman–Crippen MR) is 69.9 cm³/mol. The fourth-order valence-electron chi connectivity index (χ4n) is 2.45. The molecule has 0 bridgehead atoms. The molecule has 1 fully saturated rings. The summed E-state index contributed by atoms with van der Waals surface area (Å²) in [5, 5.41) is 3.33. The fourth-order valence-corrected chi connectivity index (χ4v) is 2.45. The molecule has 98 valence electrons. The molecule has 1 aromatic carbocycles. The molecule has 1 aliphatic heterocycles. The minimum absolute atomic E-state index is 0.249. The van der Waals surface area contributed by atoms with Gasteiger partial charge in [0.2, 0.25) is 0 Å². The number of hydrogen-bond donors (Lipinski definition) is 1. The SMILES string of the molecule is O=C(CCC1CCNCC1)Cc1ccc(F)cc1. The van der Waals surface area contributed by atoms with Crippen molar-refractivity contribution in [3.63, 3.8) is 0 Å². The number of rotatable bonds is 5. The Labute approximate surface area is 108 Å². The minimum atomic E-state index is -0.249. The quantitative estimate of drug-likeness (QED) is 0.869. The third-order valence-corrected chi connectivity index (χ3v) is 3.60. The highest BCUT2D eigenvalue weighted by atomic mass is 19.1. The molecular formula is C15H20FNO. The number of nitrogens with one attached hydrogen (secondary N) is 1. The summed E-state index contributed by atoms with van der Waals surface area (Å²) in [4.78, 5) is 11.8. The van der Waals surface area contributed by atoms with Gasteiger partial charge in [-0.05, 0) is 56.0 Å². The van der Waals surface area contributed by atoms with Crippen molar-refractivity contribution in [2.45, 2.75) is 32.1 Å². The van der Waals surface area contributed by atoms with Crippen molar-refractivity contribution in [3.05, 3.63) is 35.6 Å². The van der Waals surface area contributed by atoms with E-state index < -0.39 is 0 Å². The van der Waals surface area contributed by atoms with Gasteiger partial charge in [0.15, 0.2) is 0 Å². The molecule has 0 aliphatic carbocycles. The first-order valence-corrected chi connectivity index (χ1v) is 6.71. The maximum Gasteiger partial charge on any atom is 0.137 e. The van der Waals surface area contributed by atoms with Crippen molar-refractivity contribution in [2.75, 3.05) is 13.1 Å². The smallest absolute Gasteiger partial charge is 0.137 e. The van der Waals surface area contributed by atoms with Gasteiger partial charge in [0.1, 0.15) is 11.6 Å². The zero-order chi connectivity index (χ0) is 12.8. The highest BCUT2D eigenvalue weighted by Crippen LogP contribution is 2.18. The van der Waals surface area contributed by atoms with Gasteiger partial charge in [0, 0.05) is 12.8 Å². The molecule has 3 heteroatoms. The molecule has 0 saturated carbocycles. The van der Waals surface area contributed by atoms with Gasteiger partial charge in [-0.3, -0.25) is 4.79 Å². The largest absolute Gasteiger partial charge is 0.317 e. The number of carbonyl (C=O) groups excluding carboxylic acids is 1. The van der Waals surface area contributed by atoms with Crippen LogP contribution in [0.4, 0.5) is 4.39 Å². The molecule has 0 unspecified atom stereocenters. The monoisotopic (exact) mass is 249 g/mol. The van der Waals surface area contributed by atoms with Gasteiger partial charge in [-0.2, -0.15) is 0 Å². The van der Waals surface area contributed by atoms with E-state index in [-0.39, 0.29) is 11.6 Å². The highest BCUT2D eigenvalue weighted by Gasteiger charge is 2.14. The normalized spacial score (nSPS) is 16.7. The predicted octanol–water partition coefficient (Wildman–Crippen LogP) is 2.72. The summed E-state index contributed by atoms with van der Waals surface area (Å²) in [6, 6.07) is 6.21. The van der Waals surface area contributed by atoms with Crippen LogP contribution in [0.2, 0.25) is 0 Å². The molecule has 0 spiro atoms. The summed E-state index contributed by atoms with van der Waals surface area (Å²) in [6.45, 7) is 2.16. The Morgan fingerprint density at radius 3 is 2.56 bits per heavy atom. The molecule has 2 nitrogen and oxygen atoms in total. The average Bonchev–Trinajstić information content (AvgIpc) is 2.40. The van der Waals surface area contributed by atoms with Gasteiger partial charge >= 0.3 is 0 Å². The summed E-state index contributed by atoms with van der Waals surface area (Å²) >= 11 is 0. The Kier molecular flexibility index (Phi) is 4.88. The van der Waals surface area contributed by atoms with Crippen molar-refractivity contribution >= 4 is 5.78 Å². The van der Waals surface area contributed by atoms with E-state index in [1.165, 1.54) is 25.0 Å². The number of benzene rings is 1. The fraction of sp³-hybridized carbons (Fsp3) is 0.533. The summed E-state index contributed by atoms with van der Waals surface area (Å²) in [7, 11) is 0. The molecule has 18 heavy (non-hydrogen) atoms. The van der Waals surface area contributed by atoms with Crippen LogP contribution in [-0.4, -0.2) is 18.9 Å². The van der Waals surface area contributed by atoms with Crippen LogP contribution in [0.1, 0.15) is 31.2 Å². The van der Waals surface area contributed by atoms with E-state index in [1.807, 2.05) is 0 Å². The molecule has 1 saturated heterocycles. The second-order valence-corrected chi connectivity index (χ2v) is 5.07. The van der Waals surface area contributed by atoms with Crippen LogP contribution in [0, 0.1) is 11.7 Å². The van der Waals surface area contributed by atoms with Crippen molar-refractivity contribution in [1.29, 1.82) is 0 Å². The number of Topliss-reactive ketones (excluding diaryl/α,β-unsaturated/α-hetero) is 1. The number of halogens is 1. The molecule has 0 radical (unpaired) electrons. The first-order chi connectivity index (χ1) is 8.74. The third-order valence-electron chi connectivity index (χ3n) is 3.60. The Morgan fingerprint density at radius 1 is 1.22 bits per heavy atom. The summed E-state index contributed by atoms with van der Waals surface area (Å²) < 4.78 is 12.7. The molecule has 1 heterocycles. The van der Waals surface area contributed by atoms with Gasteiger partial charge in [-0.15, -0.1) is 0 Å². The van der Waals surface area contributed by atoms with Crippen LogP contribution in [-0.2, 0) is 11.2 Å². The van der Waals surface area contributed by atoms with E-state index in [0.29, 0.717) is 18.8 Å².